The van der Waals surface area contributed by atoms with E-state index in [1.807, 2.05) is 10.3 Å². The van der Waals surface area contributed by atoms with Crippen molar-refractivity contribution in [1.82, 2.24) is 20.5 Å². The number of carbonyl (C=O) groups is 2. The summed E-state index contributed by atoms with van der Waals surface area (Å²) in [7, 11) is 0. The molecule has 2 N–H and O–H groups in total. The van der Waals surface area contributed by atoms with Gasteiger partial charge in [0.1, 0.15) is 0 Å². The first-order chi connectivity index (χ1) is 10.7. The molecule has 22 heavy (non-hydrogen) atoms. The van der Waals surface area contributed by atoms with E-state index in [1.165, 1.54) is 17.8 Å². The van der Waals surface area contributed by atoms with Crippen LogP contribution in [0.3, 0.4) is 0 Å². The highest BCUT2D eigenvalue weighted by Gasteiger charge is 2.39. The number of aromatic nitrogens is 1. The zero-order valence-electron chi connectivity index (χ0n) is 12.4. The van der Waals surface area contributed by atoms with E-state index in [9.17, 15) is 9.59 Å². The fourth-order valence-corrected chi connectivity index (χ4v) is 3.89. The quantitative estimate of drug-likeness (QED) is 0.865. The largest absolute Gasteiger partial charge is 0.338 e. The van der Waals surface area contributed by atoms with Crippen LogP contribution >= 0.6 is 11.3 Å². The number of hydrogen-bond acceptors (Lipinski definition) is 4. The van der Waals surface area contributed by atoms with Crippen molar-refractivity contribution in [2.45, 2.75) is 56.7 Å². The molecule has 1 aliphatic heterocycles. The summed E-state index contributed by atoms with van der Waals surface area (Å²) in [6.45, 7) is 1.10. The SMILES string of the molecule is O=C(NCc1csc(C2CC2)n1)N[C@@H]1CC(=O)N(C2CC2)C1. The van der Waals surface area contributed by atoms with Gasteiger partial charge in [-0.3, -0.25) is 4.79 Å². The highest BCUT2D eigenvalue weighted by molar-refractivity contribution is 7.09. The molecule has 7 heteroatoms. The predicted molar refractivity (Wildman–Crippen MR) is 82.6 cm³/mol. The molecule has 0 spiro atoms. The van der Waals surface area contributed by atoms with E-state index in [-0.39, 0.29) is 18.0 Å². The molecule has 6 nitrogen and oxygen atoms in total. The topological polar surface area (TPSA) is 74.3 Å². The number of rotatable bonds is 5. The van der Waals surface area contributed by atoms with Gasteiger partial charge >= 0.3 is 6.03 Å². The molecular weight excluding hydrogens is 300 g/mol. The Balaban J connectivity index is 1.23. The Hall–Kier alpha value is -1.63. The summed E-state index contributed by atoms with van der Waals surface area (Å²) in [6, 6.07) is 0.153. The Labute approximate surface area is 133 Å². The van der Waals surface area contributed by atoms with Crippen molar-refractivity contribution in [3.63, 3.8) is 0 Å². The monoisotopic (exact) mass is 320 g/mol. The minimum absolute atomic E-state index is 0.0643. The molecule has 2 aliphatic carbocycles. The number of thiazole rings is 1. The summed E-state index contributed by atoms with van der Waals surface area (Å²) in [5, 5.41) is 8.94. The highest BCUT2D eigenvalue weighted by Crippen LogP contribution is 2.41. The van der Waals surface area contributed by atoms with Crippen molar-refractivity contribution in [1.29, 1.82) is 0 Å². The molecule has 3 fully saturated rings. The average molecular weight is 320 g/mol. The van der Waals surface area contributed by atoms with Gasteiger partial charge in [-0.1, -0.05) is 0 Å². The number of hydrogen-bond donors (Lipinski definition) is 2. The number of amides is 3. The normalized spacial score (nSPS) is 24.6. The van der Waals surface area contributed by atoms with Crippen molar-refractivity contribution in [3.05, 3.63) is 16.1 Å². The van der Waals surface area contributed by atoms with E-state index in [2.05, 4.69) is 15.6 Å². The first kappa shape index (κ1) is 14.0. The van der Waals surface area contributed by atoms with Crippen molar-refractivity contribution in [2.24, 2.45) is 0 Å². The molecule has 0 bridgehead atoms. The van der Waals surface area contributed by atoms with E-state index in [0.717, 1.165) is 18.5 Å². The Morgan fingerprint density at radius 1 is 1.36 bits per heavy atom. The van der Waals surface area contributed by atoms with Gasteiger partial charge in [0, 0.05) is 30.3 Å². The van der Waals surface area contributed by atoms with Crippen molar-refractivity contribution >= 4 is 23.3 Å². The van der Waals surface area contributed by atoms with E-state index in [1.54, 1.807) is 11.3 Å². The Bertz CT molecular complexity index is 594. The lowest BCUT2D eigenvalue weighted by atomic mass is 10.2. The second kappa shape index (κ2) is 5.53. The lowest BCUT2D eigenvalue weighted by Crippen LogP contribution is -2.43. The fourth-order valence-electron chi connectivity index (χ4n) is 2.90. The number of likely N-dealkylation sites (tertiary alicyclic amines) is 1. The maximum atomic E-state index is 11.9. The molecule has 2 saturated carbocycles. The average Bonchev–Trinajstić information content (AvgIpc) is 3.42. The van der Waals surface area contributed by atoms with E-state index >= 15 is 0 Å². The molecule has 3 amide bonds. The van der Waals surface area contributed by atoms with Crippen LogP contribution in [0.2, 0.25) is 0 Å². The summed E-state index contributed by atoms with van der Waals surface area (Å²) in [5.74, 6) is 0.826. The standard InChI is InChI=1S/C15H20N4O2S/c20-13-5-10(7-19(13)12-3-4-12)18-15(21)16-6-11-8-22-14(17-11)9-1-2-9/h8-10,12H,1-7H2,(H2,16,18,21)/t10-/m1/s1. The van der Waals surface area contributed by atoms with Crippen LogP contribution in [0.4, 0.5) is 4.79 Å². The number of nitrogens with zero attached hydrogens (tertiary/aromatic N) is 2. The van der Waals surface area contributed by atoms with Crippen LogP contribution in [0, 0.1) is 0 Å². The lowest BCUT2D eigenvalue weighted by molar-refractivity contribution is -0.128. The van der Waals surface area contributed by atoms with Crippen molar-refractivity contribution in [3.8, 4) is 0 Å². The smallest absolute Gasteiger partial charge is 0.315 e. The van der Waals surface area contributed by atoms with Crippen LogP contribution in [0.25, 0.3) is 0 Å². The Kier molecular flexibility index (Phi) is 3.52. The number of nitrogens with one attached hydrogen (secondary N) is 2. The molecule has 118 valence electrons. The van der Waals surface area contributed by atoms with Gasteiger partial charge in [-0.25, -0.2) is 9.78 Å². The third-order valence-electron chi connectivity index (χ3n) is 4.41. The van der Waals surface area contributed by atoms with Gasteiger partial charge in [-0.05, 0) is 25.7 Å². The second-order valence-electron chi connectivity index (χ2n) is 6.46. The van der Waals surface area contributed by atoms with Crippen molar-refractivity contribution < 1.29 is 9.59 Å². The summed E-state index contributed by atoms with van der Waals surface area (Å²) in [5.41, 5.74) is 0.921. The molecule has 3 aliphatic rings. The van der Waals surface area contributed by atoms with Crippen LogP contribution in [-0.4, -0.2) is 40.5 Å². The molecule has 1 atom stereocenters. The summed E-state index contributed by atoms with van der Waals surface area (Å²) in [6.07, 6.45) is 5.13. The van der Waals surface area contributed by atoms with Gasteiger partial charge in [-0.15, -0.1) is 11.3 Å². The molecule has 4 rings (SSSR count). The lowest BCUT2D eigenvalue weighted by Gasteiger charge is -2.16. The van der Waals surface area contributed by atoms with Crippen LogP contribution < -0.4 is 10.6 Å². The van der Waals surface area contributed by atoms with Gasteiger partial charge < -0.3 is 15.5 Å². The highest BCUT2D eigenvalue weighted by atomic mass is 32.1. The second-order valence-corrected chi connectivity index (χ2v) is 7.35. The van der Waals surface area contributed by atoms with Gasteiger partial charge in [0.15, 0.2) is 0 Å². The first-order valence-corrected chi connectivity index (χ1v) is 8.85. The molecule has 1 saturated heterocycles. The third kappa shape index (κ3) is 3.09. The van der Waals surface area contributed by atoms with Crippen LogP contribution in [0.5, 0.6) is 0 Å². The zero-order chi connectivity index (χ0) is 15.1. The minimum atomic E-state index is -0.212. The van der Waals surface area contributed by atoms with E-state index in [0.29, 0.717) is 31.5 Å². The summed E-state index contributed by atoms with van der Waals surface area (Å²) < 4.78 is 0. The van der Waals surface area contributed by atoms with E-state index in [4.69, 9.17) is 0 Å². The number of carbonyl (C=O) groups excluding carboxylic acids is 2. The number of urea groups is 1. The Morgan fingerprint density at radius 2 is 2.18 bits per heavy atom. The van der Waals surface area contributed by atoms with Gasteiger partial charge in [-0.2, -0.15) is 0 Å². The fraction of sp³-hybridized carbons (Fsp3) is 0.667. The molecular formula is C15H20N4O2S. The molecule has 0 unspecified atom stereocenters. The van der Waals surface area contributed by atoms with E-state index < -0.39 is 0 Å². The van der Waals surface area contributed by atoms with Crippen LogP contribution in [-0.2, 0) is 11.3 Å². The summed E-state index contributed by atoms with van der Waals surface area (Å²) in [4.78, 5) is 30.2. The molecule has 0 radical (unpaired) electrons. The van der Waals surface area contributed by atoms with Gasteiger partial charge in [0.25, 0.3) is 0 Å². The molecule has 1 aromatic rings. The predicted octanol–water partition coefficient (Wildman–Crippen LogP) is 1.58. The maximum Gasteiger partial charge on any atom is 0.315 e. The zero-order valence-corrected chi connectivity index (χ0v) is 13.2. The van der Waals surface area contributed by atoms with Gasteiger partial charge in [0.05, 0.1) is 23.3 Å². The Morgan fingerprint density at radius 3 is 2.91 bits per heavy atom. The summed E-state index contributed by atoms with van der Waals surface area (Å²) >= 11 is 1.68. The molecule has 1 aromatic heterocycles. The van der Waals surface area contributed by atoms with Crippen LogP contribution in [0.15, 0.2) is 5.38 Å². The molecule has 2 heterocycles. The maximum absolute atomic E-state index is 11.9. The first-order valence-electron chi connectivity index (χ1n) is 7.97. The van der Waals surface area contributed by atoms with Crippen LogP contribution in [0.1, 0.15) is 48.7 Å². The van der Waals surface area contributed by atoms with Gasteiger partial charge in [0.2, 0.25) is 5.91 Å². The third-order valence-corrected chi connectivity index (χ3v) is 5.46. The molecule has 0 aromatic carbocycles. The van der Waals surface area contributed by atoms with Crippen molar-refractivity contribution in [2.75, 3.05) is 6.54 Å². The minimum Gasteiger partial charge on any atom is -0.338 e.